The number of halogens is 5. The minimum absolute atomic E-state index is 0.0493. The van der Waals surface area contributed by atoms with Crippen LogP contribution in [-0.4, -0.2) is 17.8 Å². The fourth-order valence-corrected chi connectivity index (χ4v) is 1.47. The summed E-state index contributed by atoms with van der Waals surface area (Å²) < 4.78 is 51.0. The van der Waals surface area contributed by atoms with Crippen LogP contribution < -0.4 is 5.32 Å². The summed E-state index contributed by atoms with van der Waals surface area (Å²) in [6.45, 7) is 3.71. The van der Waals surface area contributed by atoms with Crippen LogP contribution in [0.4, 0.5) is 17.6 Å². The quantitative estimate of drug-likeness (QED) is 0.664. The van der Waals surface area contributed by atoms with Crippen LogP contribution in [0.5, 0.6) is 0 Å². The summed E-state index contributed by atoms with van der Waals surface area (Å²) in [7, 11) is 0. The molecule has 112 valence electrons. The second-order valence-electron chi connectivity index (χ2n) is 4.66. The van der Waals surface area contributed by atoms with Crippen molar-refractivity contribution >= 4 is 17.5 Å². The van der Waals surface area contributed by atoms with Gasteiger partial charge in [0.05, 0.1) is 16.5 Å². The highest BCUT2D eigenvalue weighted by molar-refractivity contribution is 6.21. The first-order chi connectivity index (χ1) is 9.12. The monoisotopic (exact) mass is 311 g/mol. The molecule has 0 heterocycles. The molecule has 7 heteroatoms. The Balaban J connectivity index is 2.87. The van der Waals surface area contributed by atoms with Crippen LogP contribution in [0.1, 0.15) is 29.8 Å². The van der Waals surface area contributed by atoms with Crippen molar-refractivity contribution in [3.63, 3.8) is 0 Å². The summed E-state index contributed by atoms with van der Waals surface area (Å²) in [5, 5.41) is 1.94. The van der Waals surface area contributed by atoms with Crippen molar-refractivity contribution in [2.24, 2.45) is 5.92 Å². The van der Waals surface area contributed by atoms with E-state index in [9.17, 15) is 22.4 Å². The zero-order valence-corrected chi connectivity index (χ0v) is 11.6. The maximum Gasteiger partial charge on any atom is 0.416 e. The lowest BCUT2D eigenvalue weighted by molar-refractivity contribution is -0.137. The molecule has 1 rings (SSSR count). The van der Waals surface area contributed by atoms with Crippen molar-refractivity contribution < 1.29 is 22.4 Å². The third-order valence-corrected chi connectivity index (χ3v) is 3.38. The Morgan fingerprint density at radius 2 is 1.95 bits per heavy atom. The molecule has 0 saturated heterocycles. The van der Waals surface area contributed by atoms with E-state index in [1.165, 1.54) is 0 Å². The number of carbonyl (C=O) groups is 1. The number of amides is 1. The van der Waals surface area contributed by atoms with E-state index < -0.39 is 29.0 Å². The molecule has 1 amide bonds. The third-order valence-electron chi connectivity index (χ3n) is 2.72. The predicted octanol–water partition coefficient (Wildman–Crippen LogP) is 3.84. The molecule has 0 bridgehead atoms. The van der Waals surface area contributed by atoms with Gasteiger partial charge in [0.25, 0.3) is 5.91 Å². The second kappa shape index (κ2) is 6.43. The molecule has 1 unspecified atom stereocenters. The number of benzene rings is 1. The second-order valence-corrected chi connectivity index (χ2v) is 5.22. The SMILES string of the molecule is CC(C)C(Cl)CNC(=O)c1cc(C(F)(F)F)ccc1F. The van der Waals surface area contributed by atoms with Gasteiger partial charge in [-0.1, -0.05) is 13.8 Å². The Morgan fingerprint density at radius 3 is 2.45 bits per heavy atom. The van der Waals surface area contributed by atoms with Gasteiger partial charge in [-0.2, -0.15) is 13.2 Å². The first-order valence-electron chi connectivity index (χ1n) is 5.92. The number of carbonyl (C=O) groups excluding carboxylic acids is 1. The first kappa shape index (κ1) is 16.8. The van der Waals surface area contributed by atoms with Gasteiger partial charge in [-0.3, -0.25) is 4.79 Å². The minimum atomic E-state index is -4.63. The fraction of sp³-hybridized carbons (Fsp3) is 0.462. The van der Waals surface area contributed by atoms with Crippen molar-refractivity contribution in [2.75, 3.05) is 6.54 Å². The highest BCUT2D eigenvalue weighted by atomic mass is 35.5. The van der Waals surface area contributed by atoms with Crippen molar-refractivity contribution in [1.29, 1.82) is 0 Å². The van der Waals surface area contributed by atoms with Crippen LogP contribution in [0.3, 0.4) is 0 Å². The molecule has 0 fully saturated rings. The molecule has 1 aromatic carbocycles. The molecule has 0 aliphatic heterocycles. The van der Waals surface area contributed by atoms with E-state index in [0.29, 0.717) is 18.2 Å². The molecule has 20 heavy (non-hydrogen) atoms. The van der Waals surface area contributed by atoms with E-state index in [1.54, 1.807) is 0 Å². The van der Waals surface area contributed by atoms with Crippen LogP contribution >= 0.6 is 11.6 Å². The van der Waals surface area contributed by atoms with Gasteiger partial charge in [0, 0.05) is 6.54 Å². The third kappa shape index (κ3) is 4.37. The average molecular weight is 312 g/mol. The normalized spacial score (nSPS) is 13.4. The summed E-state index contributed by atoms with van der Waals surface area (Å²) in [4.78, 5) is 11.7. The number of alkyl halides is 4. The van der Waals surface area contributed by atoms with Crippen LogP contribution in [0, 0.1) is 11.7 Å². The van der Waals surface area contributed by atoms with E-state index in [2.05, 4.69) is 5.32 Å². The molecular weight excluding hydrogens is 298 g/mol. The molecule has 1 aromatic rings. The molecule has 2 nitrogen and oxygen atoms in total. The fourth-order valence-electron chi connectivity index (χ4n) is 1.40. The number of nitrogens with one attached hydrogen (secondary N) is 1. The minimum Gasteiger partial charge on any atom is -0.350 e. The summed E-state index contributed by atoms with van der Waals surface area (Å²) in [5.41, 5.74) is -1.72. The predicted molar refractivity (Wildman–Crippen MR) is 68.2 cm³/mol. The van der Waals surface area contributed by atoms with Crippen LogP contribution in [0.25, 0.3) is 0 Å². The number of hydrogen-bond acceptors (Lipinski definition) is 1. The van der Waals surface area contributed by atoms with Gasteiger partial charge < -0.3 is 5.32 Å². The van der Waals surface area contributed by atoms with Gasteiger partial charge in [0.2, 0.25) is 0 Å². The number of rotatable bonds is 4. The van der Waals surface area contributed by atoms with Gasteiger partial charge in [-0.25, -0.2) is 4.39 Å². The molecule has 0 aromatic heterocycles. The summed E-state index contributed by atoms with van der Waals surface area (Å²) in [5.74, 6) is -1.85. The molecule has 0 radical (unpaired) electrons. The maximum atomic E-state index is 13.4. The van der Waals surface area contributed by atoms with Gasteiger partial charge in [0.1, 0.15) is 5.82 Å². The highest BCUT2D eigenvalue weighted by Crippen LogP contribution is 2.30. The average Bonchev–Trinajstić information content (AvgIpc) is 2.34. The highest BCUT2D eigenvalue weighted by Gasteiger charge is 2.32. The van der Waals surface area contributed by atoms with E-state index in [1.807, 2.05) is 13.8 Å². The lowest BCUT2D eigenvalue weighted by atomic mass is 10.1. The van der Waals surface area contributed by atoms with E-state index in [-0.39, 0.29) is 17.8 Å². The van der Waals surface area contributed by atoms with Crippen LogP contribution in [0.2, 0.25) is 0 Å². The Kier molecular flexibility index (Phi) is 5.39. The zero-order chi connectivity index (χ0) is 15.5. The van der Waals surface area contributed by atoms with E-state index >= 15 is 0 Å². The molecule has 0 spiro atoms. The van der Waals surface area contributed by atoms with Gasteiger partial charge in [-0.15, -0.1) is 11.6 Å². The van der Waals surface area contributed by atoms with Gasteiger partial charge in [-0.05, 0) is 24.1 Å². The Morgan fingerprint density at radius 1 is 1.35 bits per heavy atom. The summed E-state index contributed by atoms with van der Waals surface area (Å²) >= 11 is 5.90. The summed E-state index contributed by atoms with van der Waals surface area (Å²) in [6.07, 6.45) is -4.63. The van der Waals surface area contributed by atoms with Crippen molar-refractivity contribution in [3.8, 4) is 0 Å². The molecule has 1 atom stereocenters. The van der Waals surface area contributed by atoms with Gasteiger partial charge >= 0.3 is 6.18 Å². The van der Waals surface area contributed by atoms with Crippen molar-refractivity contribution in [2.45, 2.75) is 25.4 Å². The Labute approximate surface area is 119 Å². The zero-order valence-electron chi connectivity index (χ0n) is 10.9. The molecule has 1 N–H and O–H groups in total. The first-order valence-corrected chi connectivity index (χ1v) is 6.35. The standard InChI is InChI=1S/C13H14ClF4NO/c1-7(2)10(14)6-19-12(20)9-5-8(13(16,17)18)3-4-11(9)15/h3-5,7,10H,6H2,1-2H3,(H,19,20). The number of hydrogen-bond donors (Lipinski definition) is 1. The van der Waals surface area contributed by atoms with E-state index in [4.69, 9.17) is 11.6 Å². The summed E-state index contributed by atoms with van der Waals surface area (Å²) in [6, 6.07) is 1.70. The van der Waals surface area contributed by atoms with E-state index in [0.717, 1.165) is 0 Å². The molecule has 0 aliphatic carbocycles. The Bertz CT molecular complexity index is 488. The lowest BCUT2D eigenvalue weighted by Gasteiger charge is -2.15. The van der Waals surface area contributed by atoms with Gasteiger partial charge in [0.15, 0.2) is 0 Å². The topological polar surface area (TPSA) is 29.1 Å². The Hall–Kier alpha value is -1.30. The van der Waals surface area contributed by atoms with Crippen molar-refractivity contribution in [3.05, 3.63) is 35.1 Å². The van der Waals surface area contributed by atoms with Crippen molar-refractivity contribution in [1.82, 2.24) is 5.32 Å². The smallest absolute Gasteiger partial charge is 0.350 e. The molecule has 0 aliphatic rings. The van der Waals surface area contributed by atoms with Crippen LogP contribution in [-0.2, 0) is 6.18 Å². The molecular formula is C13H14ClF4NO. The lowest BCUT2D eigenvalue weighted by Crippen LogP contribution is -2.32. The molecule has 0 saturated carbocycles. The maximum absolute atomic E-state index is 13.4. The largest absolute Gasteiger partial charge is 0.416 e. The van der Waals surface area contributed by atoms with Crippen LogP contribution in [0.15, 0.2) is 18.2 Å².